The Labute approximate surface area is 225 Å². The summed E-state index contributed by atoms with van der Waals surface area (Å²) in [6, 6.07) is 12.1. The van der Waals surface area contributed by atoms with Crippen LogP contribution in [-0.2, 0) is 6.42 Å². The van der Waals surface area contributed by atoms with Crippen LogP contribution in [0.1, 0.15) is 22.5 Å². The molecule has 0 radical (unpaired) electrons. The van der Waals surface area contributed by atoms with Crippen molar-refractivity contribution in [3.05, 3.63) is 60.0 Å². The van der Waals surface area contributed by atoms with Crippen LogP contribution in [0.25, 0.3) is 16.9 Å². The predicted octanol–water partition coefficient (Wildman–Crippen LogP) is 2.78. The van der Waals surface area contributed by atoms with Gasteiger partial charge in [0.05, 0.1) is 23.6 Å². The lowest BCUT2D eigenvalue weighted by Gasteiger charge is -2.29. The van der Waals surface area contributed by atoms with E-state index < -0.39 is 12.2 Å². The lowest BCUT2D eigenvalue weighted by atomic mass is 10.0. The van der Waals surface area contributed by atoms with Crippen LogP contribution < -0.4 is 25.8 Å². The maximum atomic E-state index is 13.4. The summed E-state index contributed by atoms with van der Waals surface area (Å²) in [5.74, 6) is 0.325. The van der Waals surface area contributed by atoms with Crippen molar-refractivity contribution in [3.63, 3.8) is 0 Å². The van der Waals surface area contributed by atoms with E-state index in [1.165, 1.54) is 17.4 Å². The standard InChI is InChI=1S/C28H30FN9O/c1-30-23-15-26(35-38-25(16-33-27(23)38)28(39)34-22-14-20(22)29)37-10-6-19-18(3-2-4-24(19)37)21-13-17(5-7-32-21)36-11-8-31-9-12-36/h2-5,7,13,15-16,20,22,30-31H,6,8-12,14H2,1H3,(H,34,39)/t20-,22+/m0/s1. The van der Waals surface area contributed by atoms with Gasteiger partial charge in [-0.1, -0.05) is 12.1 Å². The van der Waals surface area contributed by atoms with Crippen LogP contribution in [-0.4, -0.2) is 77.5 Å². The Morgan fingerprint density at radius 2 is 1.97 bits per heavy atom. The molecule has 1 saturated heterocycles. The van der Waals surface area contributed by atoms with Gasteiger partial charge < -0.3 is 25.8 Å². The Kier molecular flexibility index (Phi) is 5.80. The molecule has 200 valence electrons. The van der Waals surface area contributed by atoms with Crippen LogP contribution in [0.3, 0.4) is 0 Å². The molecule has 10 nitrogen and oxygen atoms in total. The number of benzene rings is 1. The zero-order valence-corrected chi connectivity index (χ0v) is 21.7. The molecule has 3 aliphatic rings. The second-order valence-electron chi connectivity index (χ2n) is 10.2. The van der Waals surface area contributed by atoms with Gasteiger partial charge in [-0.15, -0.1) is 5.10 Å². The SMILES string of the molecule is CNc1cc(N2CCc3c(-c4cc(N5CCNCC5)ccn4)cccc32)nn2c(C(=O)N[C@@H]3C[C@@H]3F)cnc12. The molecule has 3 aromatic heterocycles. The molecule has 0 spiro atoms. The Hall–Kier alpha value is -4.25. The number of hydrogen-bond acceptors (Lipinski definition) is 8. The summed E-state index contributed by atoms with van der Waals surface area (Å²) in [6.45, 7) is 4.67. The van der Waals surface area contributed by atoms with Crippen molar-refractivity contribution in [1.82, 2.24) is 30.2 Å². The van der Waals surface area contributed by atoms with Crippen molar-refractivity contribution in [2.45, 2.75) is 25.1 Å². The number of hydrogen-bond donors (Lipinski definition) is 3. The molecule has 1 aromatic carbocycles. The molecule has 2 fully saturated rings. The van der Waals surface area contributed by atoms with Crippen molar-refractivity contribution in [2.24, 2.45) is 0 Å². The Balaban J connectivity index is 1.24. The number of fused-ring (bicyclic) bond motifs is 2. The fourth-order valence-corrected chi connectivity index (χ4v) is 5.58. The molecule has 2 aliphatic heterocycles. The second kappa shape index (κ2) is 9.49. The van der Waals surface area contributed by atoms with E-state index in [1.54, 1.807) is 4.52 Å². The third kappa shape index (κ3) is 4.22. The molecular formula is C28H30FN9O. The summed E-state index contributed by atoms with van der Waals surface area (Å²) in [4.78, 5) is 26.6. The average molecular weight is 528 g/mol. The van der Waals surface area contributed by atoms with E-state index >= 15 is 0 Å². The van der Waals surface area contributed by atoms with E-state index in [9.17, 15) is 9.18 Å². The third-order valence-corrected chi connectivity index (χ3v) is 7.79. The smallest absolute Gasteiger partial charge is 0.271 e. The monoisotopic (exact) mass is 527 g/mol. The van der Waals surface area contributed by atoms with Gasteiger partial charge in [0.25, 0.3) is 5.91 Å². The maximum Gasteiger partial charge on any atom is 0.271 e. The number of carbonyl (C=O) groups is 1. The number of halogens is 1. The van der Waals surface area contributed by atoms with E-state index in [4.69, 9.17) is 10.1 Å². The number of piperazine rings is 1. The summed E-state index contributed by atoms with van der Waals surface area (Å²) in [5, 5.41) is 14.2. The fraction of sp³-hybridized carbons (Fsp3) is 0.357. The molecule has 0 unspecified atom stereocenters. The molecule has 5 heterocycles. The first-order valence-corrected chi connectivity index (χ1v) is 13.4. The molecule has 3 N–H and O–H groups in total. The number of anilines is 4. The van der Waals surface area contributed by atoms with Crippen LogP contribution in [0.4, 0.5) is 27.3 Å². The number of aromatic nitrogens is 4. The predicted molar refractivity (Wildman–Crippen MR) is 149 cm³/mol. The third-order valence-electron chi connectivity index (χ3n) is 7.79. The van der Waals surface area contributed by atoms with Crippen molar-refractivity contribution in [2.75, 3.05) is 54.9 Å². The Bertz CT molecular complexity index is 1560. The molecule has 2 atom stereocenters. The van der Waals surface area contributed by atoms with Crippen molar-refractivity contribution in [1.29, 1.82) is 0 Å². The summed E-state index contributed by atoms with van der Waals surface area (Å²) in [6.07, 6.45) is 3.60. The number of alkyl halides is 1. The average Bonchev–Trinajstić information content (AvgIpc) is 3.33. The number of carbonyl (C=O) groups excluding carboxylic acids is 1. The van der Waals surface area contributed by atoms with Gasteiger partial charge in [0, 0.05) is 75.4 Å². The molecule has 39 heavy (non-hydrogen) atoms. The van der Waals surface area contributed by atoms with E-state index in [-0.39, 0.29) is 11.6 Å². The van der Waals surface area contributed by atoms with E-state index in [0.29, 0.717) is 17.9 Å². The van der Waals surface area contributed by atoms with E-state index in [2.05, 4.69) is 61.1 Å². The highest BCUT2D eigenvalue weighted by Crippen LogP contribution is 2.40. The van der Waals surface area contributed by atoms with Gasteiger partial charge in [-0.05, 0) is 30.2 Å². The summed E-state index contributed by atoms with van der Waals surface area (Å²) >= 11 is 0. The van der Waals surface area contributed by atoms with E-state index in [0.717, 1.165) is 61.8 Å². The highest BCUT2D eigenvalue weighted by atomic mass is 19.1. The number of nitrogens with one attached hydrogen (secondary N) is 3. The largest absolute Gasteiger partial charge is 0.385 e. The first-order chi connectivity index (χ1) is 19.1. The molecule has 1 saturated carbocycles. The highest BCUT2D eigenvalue weighted by Gasteiger charge is 2.39. The molecule has 4 aromatic rings. The van der Waals surface area contributed by atoms with Crippen LogP contribution in [0, 0.1) is 0 Å². The maximum absolute atomic E-state index is 13.4. The zero-order valence-electron chi connectivity index (χ0n) is 21.7. The van der Waals surface area contributed by atoms with Crippen molar-refractivity contribution >= 4 is 34.4 Å². The minimum Gasteiger partial charge on any atom is -0.385 e. The topological polar surface area (TPSA) is 103 Å². The van der Waals surface area contributed by atoms with Gasteiger partial charge in [0.1, 0.15) is 6.17 Å². The Morgan fingerprint density at radius 1 is 1.13 bits per heavy atom. The molecule has 1 amide bonds. The number of pyridine rings is 1. The Morgan fingerprint density at radius 3 is 2.77 bits per heavy atom. The minimum atomic E-state index is -0.980. The van der Waals surface area contributed by atoms with Crippen LogP contribution in [0.2, 0.25) is 0 Å². The molecule has 7 rings (SSSR count). The first kappa shape index (κ1) is 23.8. The number of imidazole rings is 1. The minimum absolute atomic E-state index is 0.282. The number of rotatable bonds is 6. The number of amides is 1. The molecular weight excluding hydrogens is 497 g/mol. The van der Waals surface area contributed by atoms with E-state index in [1.807, 2.05) is 19.3 Å². The van der Waals surface area contributed by atoms with Gasteiger partial charge in [0.15, 0.2) is 17.2 Å². The van der Waals surface area contributed by atoms with Crippen LogP contribution in [0.15, 0.2) is 48.8 Å². The van der Waals surface area contributed by atoms with Crippen LogP contribution in [0.5, 0.6) is 0 Å². The summed E-state index contributed by atoms with van der Waals surface area (Å²) < 4.78 is 15.0. The quantitative estimate of drug-likeness (QED) is 0.352. The molecule has 0 bridgehead atoms. The normalized spacial score (nSPS) is 20.3. The molecule has 1 aliphatic carbocycles. The lowest BCUT2D eigenvalue weighted by Crippen LogP contribution is -2.43. The van der Waals surface area contributed by atoms with Crippen molar-refractivity contribution < 1.29 is 9.18 Å². The summed E-state index contributed by atoms with van der Waals surface area (Å²) in [7, 11) is 1.82. The summed E-state index contributed by atoms with van der Waals surface area (Å²) in [5.41, 5.74) is 7.14. The van der Waals surface area contributed by atoms with Gasteiger partial charge >= 0.3 is 0 Å². The van der Waals surface area contributed by atoms with Crippen LogP contribution >= 0.6 is 0 Å². The first-order valence-electron chi connectivity index (χ1n) is 13.4. The van der Waals surface area contributed by atoms with Gasteiger partial charge in [-0.2, -0.15) is 0 Å². The lowest BCUT2D eigenvalue weighted by molar-refractivity contribution is 0.0940. The second-order valence-corrected chi connectivity index (χ2v) is 10.2. The molecule has 11 heteroatoms. The number of nitrogens with zero attached hydrogens (tertiary/aromatic N) is 6. The van der Waals surface area contributed by atoms with Crippen molar-refractivity contribution in [3.8, 4) is 11.3 Å². The van der Waals surface area contributed by atoms with Gasteiger partial charge in [-0.25, -0.2) is 13.9 Å². The highest BCUT2D eigenvalue weighted by molar-refractivity contribution is 5.94. The van der Waals surface area contributed by atoms with Gasteiger partial charge in [-0.3, -0.25) is 9.78 Å². The van der Waals surface area contributed by atoms with Gasteiger partial charge in [0.2, 0.25) is 0 Å². The zero-order chi connectivity index (χ0) is 26.5. The fourth-order valence-electron chi connectivity index (χ4n) is 5.58.